The van der Waals surface area contributed by atoms with E-state index >= 15 is 0 Å². The second kappa shape index (κ2) is 13.2. The lowest BCUT2D eigenvalue weighted by molar-refractivity contribution is 0.0271. The quantitative estimate of drug-likeness (QED) is 0.281. The Morgan fingerprint density at radius 3 is 1.06 bits per heavy atom. The van der Waals surface area contributed by atoms with Gasteiger partial charge in [-0.2, -0.15) is 0 Å². The summed E-state index contributed by atoms with van der Waals surface area (Å²) in [7, 11) is -3.29. The molecule has 0 spiro atoms. The zero-order chi connectivity index (χ0) is 23.0. The summed E-state index contributed by atoms with van der Waals surface area (Å²) in [6, 6.07) is 0. The monoisotopic (exact) mass is 523 g/mol. The summed E-state index contributed by atoms with van der Waals surface area (Å²) in [4.78, 5) is 0. The molecule has 192 valence electrons. The Bertz CT molecular complexity index is 627. The molecule has 0 aromatic heterocycles. The van der Waals surface area contributed by atoms with Gasteiger partial charge < -0.3 is 0 Å². The normalized spacial score (nSPS) is 27.3. The Balaban J connectivity index is 1.61. The summed E-state index contributed by atoms with van der Waals surface area (Å²) < 4.78 is 44.2. The molecule has 4 aliphatic rings. The molecule has 4 aliphatic carbocycles. The van der Waals surface area contributed by atoms with Crippen molar-refractivity contribution >= 4 is 25.8 Å². The van der Waals surface area contributed by atoms with E-state index in [9.17, 15) is 4.57 Å². The fourth-order valence-corrected chi connectivity index (χ4v) is 11.0. The second-order valence-corrected chi connectivity index (χ2v) is 15.2. The zero-order valence-corrected chi connectivity index (χ0v) is 22.8. The van der Waals surface area contributed by atoms with Crippen LogP contribution in [0, 0.1) is 0 Å². The molecule has 0 aromatic rings. The number of hydrogen-bond donors (Lipinski definition) is 0. The largest absolute Gasteiger partial charge is 0.410 e. The molecule has 33 heavy (non-hydrogen) atoms. The third-order valence-electron chi connectivity index (χ3n) is 7.55. The molecule has 6 nitrogen and oxygen atoms in total. The predicted octanol–water partition coefficient (Wildman–Crippen LogP) is 9.68. The molecule has 0 heterocycles. The highest BCUT2D eigenvalue weighted by atomic mass is 35.7. The molecule has 1 atom stereocenters. The van der Waals surface area contributed by atoms with E-state index in [-0.39, 0.29) is 24.4 Å². The molecule has 1 unspecified atom stereocenters. The van der Waals surface area contributed by atoms with Gasteiger partial charge in [0, 0.05) is 0 Å². The lowest BCUT2D eigenvalue weighted by atomic mass is 9.98. The van der Waals surface area contributed by atoms with E-state index in [0.29, 0.717) is 0 Å². The molecule has 0 aliphatic heterocycles. The summed E-state index contributed by atoms with van der Waals surface area (Å²) in [5.41, 5.74) is 0. The highest BCUT2D eigenvalue weighted by Crippen LogP contribution is 2.70. The first-order valence-corrected chi connectivity index (χ1v) is 17.7. The smallest absolute Gasteiger partial charge is 0.299 e. The van der Waals surface area contributed by atoms with Gasteiger partial charge in [0.1, 0.15) is 0 Å². The molecule has 4 saturated carbocycles. The highest BCUT2D eigenvalue weighted by molar-refractivity contribution is 7.87. The maximum atomic E-state index is 13.6. The van der Waals surface area contributed by atoms with Crippen LogP contribution in [-0.4, -0.2) is 24.4 Å². The van der Waals surface area contributed by atoms with E-state index in [4.69, 9.17) is 29.3 Å². The average molecular weight is 524 g/mol. The van der Waals surface area contributed by atoms with Crippen molar-refractivity contribution < 1.29 is 22.7 Å². The van der Waals surface area contributed by atoms with Gasteiger partial charge in [0.15, 0.2) is 0 Å². The van der Waals surface area contributed by atoms with Crippen molar-refractivity contribution in [3.8, 4) is 0 Å². The van der Waals surface area contributed by atoms with E-state index in [1.807, 2.05) is 0 Å². The van der Waals surface area contributed by atoms with E-state index in [0.717, 1.165) is 103 Å². The molecule has 9 heteroatoms. The molecule has 0 aromatic carbocycles. The molecular weight excluding hydrogens is 480 g/mol. The SMILES string of the molecule is O=P(Cl)(N=P(OC1CCCCC1)(OC1CCCCC1)OC1CCCCC1)OC1CCCCC1. The molecular formula is C24H44ClNO5P2. The van der Waals surface area contributed by atoms with Gasteiger partial charge in [-0.1, -0.05) is 77.0 Å². The first kappa shape index (κ1) is 26.6. The summed E-state index contributed by atoms with van der Waals surface area (Å²) in [6.45, 7) is -3.81. The van der Waals surface area contributed by atoms with Crippen LogP contribution >= 0.6 is 25.8 Å². The van der Waals surface area contributed by atoms with Gasteiger partial charge in [-0.3, -0.25) is 18.1 Å². The molecule has 4 fully saturated rings. The standard InChI is InChI=1S/C24H44ClNO5P2/c25-32(27,28-21-13-5-1-6-14-21)26-33(29-22-15-7-2-8-16-22,30-23-17-9-3-10-18-23)31-24-19-11-4-12-20-24/h21-24H,1-20H2. The van der Waals surface area contributed by atoms with Crippen LogP contribution in [0.1, 0.15) is 128 Å². The maximum Gasteiger partial charge on any atom is 0.410 e. The fourth-order valence-electron chi connectivity index (χ4n) is 5.72. The third-order valence-corrected chi connectivity index (χ3v) is 12.4. The van der Waals surface area contributed by atoms with Gasteiger partial charge in [-0.25, -0.2) is 4.57 Å². The first-order valence-electron chi connectivity index (χ1n) is 13.7. The molecule has 0 saturated heterocycles. The lowest BCUT2D eigenvalue weighted by Crippen LogP contribution is -2.24. The average Bonchev–Trinajstić information content (AvgIpc) is 2.81. The van der Waals surface area contributed by atoms with E-state index in [1.165, 1.54) is 25.7 Å². The molecule has 0 N–H and O–H groups in total. The molecule has 0 bridgehead atoms. The highest BCUT2D eigenvalue weighted by Gasteiger charge is 2.40. The Morgan fingerprint density at radius 1 is 0.485 bits per heavy atom. The topological polar surface area (TPSA) is 66.4 Å². The van der Waals surface area contributed by atoms with E-state index in [2.05, 4.69) is 4.52 Å². The van der Waals surface area contributed by atoms with Crippen molar-refractivity contribution in [1.29, 1.82) is 0 Å². The fraction of sp³-hybridized carbons (Fsp3) is 1.00. The number of hydrogen-bond acceptors (Lipinski definition) is 5. The second-order valence-electron chi connectivity index (χ2n) is 10.5. The van der Waals surface area contributed by atoms with Gasteiger partial charge in [-0.15, -0.1) is 4.52 Å². The van der Waals surface area contributed by atoms with Crippen LogP contribution < -0.4 is 0 Å². The molecule has 4 rings (SSSR count). The van der Waals surface area contributed by atoms with Crippen LogP contribution in [0.2, 0.25) is 0 Å². The third kappa shape index (κ3) is 8.88. The minimum atomic E-state index is -3.81. The summed E-state index contributed by atoms with van der Waals surface area (Å²) in [6.07, 6.45) is 21.4. The molecule has 0 amide bonds. The number of halogens is 1. The number of rotatable bonds is 9. The zero-order valence-electron chi connectivity index (χ0n) is 20.2. The lowest BCUT2D eigenvalue weighted by Gasteiger charge is -2.37. The summed E-state index contributed by atoms with van der Waals surface area (Å²) >= 11 is 6.56. The van der Waals surface area contributed by atoms with Crippen molar-refractivity contribution in [1.82, 2.24) is 0 Å². The number of nitrogens with zero attached hydrogens (tertiary/aromatic N) is 1. The van der Waals surface area contributed by atoms with Crippen LogP contribution in [0.5, 0.6) is 0 Å². The van der Waals surface area contributed by atoms with Crippen LogP contribution in [0.15, 0.2) is 4.52 Å². The van der Waals surface area contributed by atoms with Crippen LogP contribution in [0.3, 0.4) is 0 Å². The Morgan fingerprint density at radius 2 is 0.758 bits per heavy atom. The van der Waals surface area contributed by atoms with Crippen molar-refractivity contribution in [2.75, 3.05) is 0 Å². The van der Waals surface area contributed by atoms with Crippen molar-refractivity contribution in [2.45, 2.75) is 153 Å². The van der Waals surface area contributed by atoms with Crippen LogP contribution in [0.4, 0.5) is 0 Å². The summed E-state index contributed by atoms with van der Waals surface area (Å²) in [5.74, 6) is 0. The minimum Gasteiger partial charge on any atom is -0.299 e. The summed E-state index contributed by atoms with van der Waals surface area (Å²) in [5, 5.41) is 0. The van der Waals surface area contributed by atoms with E-state index in [1.54, 1.807) is 0 Å². The molecule has 0 radical (unpaired) electrons. The van der Waals surface area contributed by atoms with Crippen molar-refractivity contribution in [3.63, 3.8) is 0 Å². The Kier molecular flexibility index (Phi) is 10.7. The Labute approximate surface area is 205 Å². The van der Waals surface area contributed by atoms with Gasteiger partial charge >= 0.3 is 14.6 Å². The van der Waals surface area contributed by atoms with Gasteiger partial charge in [-0.05, 0) is 62.6 Å². The van der Waals surface area contributed by atoms with Gasteiger partial charge in [0.25, 0.3) is 0 Å². The Hall–Kier alpha value is 0.590. The van der Waals surface area contributed by atoms with Crippen LogP contribution in [0.25, 0.3) is 0 Å². The first-order chi connectivity index (χ1) is 16.0. The van der Waals surface area contributed by atoms with E-state index < -0.39 is 14.6 Å². The van der Waals surface area contributed by atoms with Gasteiger partial charge in [0.05, 0.1) is 24.4 Å². The van der Waals surface area contributed by atoms with Crippen molar-refractivity contribution in [3.05, 3.63) is 0 Å². The predicted molar refractivity (Wildman–Crippen MR) is 135 cm³/mol. The minimum absolute atomic E-state index is 0.0226. The van der Waals surface area contributed by atoms with Crippen LogP contribution in [-0.2, 0) is 22.7 Å². The van der Waals surface area contributed by atoms with Gasteiger partial charge in [0.2, 0.25) is 0 Å². The van der Waals surface area contributed by atoms with Crippen molar-refractivity contribution in [2.24, 2.45) is 4.52 Å². The maximum absolute atomic E-state index is 13.6.